The number of piperazine rings is 1. The van der Waals surface area contributed by atoms with Crippen molar-refractivity contribution < 1.29 is 0 Å². The zero-order chi connectivity index (χ0) is 11.4. The minimum absolute atomic E-state index is 0.564. The highest BCUT2D eigenvalue weighted by Crippen LogP contribution is 2.31. The molecule has 2 fully saturated rings. The first-order valence-corrected chi connectivity index (χ1v) is 6.86. The van der Waals surface area contributed by atoms with Gasteiger partial charge in [-0.2, -0.15) is 0 Å². The Morgan fingerprint density at radius 3 is 2.50 bits per heavy atom. The van der Waals surface area contributed by atoms with Crippen molar-refractivity contribution in [2.75, 3.05) is 52.9 Å². The molecule has 2 aliphatic heterocycles. The molecule has 0 saturated carbocycles. The summed E-state index contributed by atoms with van der Waals surface area (Å²) in [4.78, 5) is 5.12. The molecule has 3 heteroatoms. The van der Waals surface area contributed by atoms with Crippen molar-refractivity contribution in [3.05, 3.63) is 0 Å². The standard InChI is InChI=1S/C13H27N3/c1-3-13(5-4-6-14-11-13)12-16-9-7-15(2)8-10-16/h14H,3-12H2,1-2H3. The second-order valence-corrected chi connectivity index (χ2v) is 5.71. The van der Waals surface area contributed by atoms with E-state index in [2.05, 4.69) is 29.1 Å². The molecule has 0 radical (unpaired) electrons. The number of rotatable bonds is 3. The van der Waals surface area contributed by atoms with Gasteiger partial charge in [0.05, 0.1) is 0 Å². The SMILES string of the molecule is CCC1(CN2CCN(C)CC2)CCCNC1. The van der Waals surface area contributed by atoms with Crippen LogP contribution in [0.1, 0.15) is 26.2 Å². The Hall–Kier alpha value is -0.120. The van der Waals surface area contributed by atoms with Crippen molar-refractivity contribution in [1.82, 2.24) is 15.1 Å². The van der Waals surface area contributed by atoms with Gasteiger partial charge in [0.1, 0.15) is 0 Å². The molecule has 2 saturated heterocycles. The summed E-state index contributed by atoms with van der Waals surface area (Å²) < 4.78 is 0. The van der Waals surface area contributed by atoms with Crippen molar-refractivity contribution in [2.45, 2.75) is 26.2 Å². The van der Waals surface area contributed by atoms with E-state index in [-0.39, 0.29) is 0 Å². The van der Waals surface area contributed by atoms with Crippen LogP contribution in [0.3, 0.4) is 0 Å². The van der Waals surface area contributed by atoms with Gasteiger partial charge in [-0.1, -0.05) is 6.92 Å². The maximum Gasteiger partial charge on any atom is 0.0110 e. The van der Waals surface area contributed by atoms with Crippen LogP contribution in [0.25, 0.3) is 0 Å². The summed E-state index contributed by atoms with van der Waals surface area (Å²) >= 11 is 0. The number of likely N-dealkylation sites (N-methyl/N-ethyl adjacent to an activating group) is 1. The molecule has 1 unspecified atom stereocenters. The molecule has 0 bridgehead atoms. The van der Waals surface area contributed by atoms with Gasteiger partial charge in [0, 0.05) is 39.3 Å². The fraction of sp³-hybridized carbons (Fsp3) is 1.00. The molecule has 0 aromatic heterocycles. The minimum Gasteiger partial charge on any atom is -0.316 e. The first kappa shape index (κ1) is 12.3. The van der Waals surface area contributed by atoms with Gasteiger partial charge in [-0.25, -0.2) is 0 Å². The Labute approximate surface area is 100 Å². The van der Waals surface area contributed by atoms with E-state index in [4.69, 9.17) is 0 Å². The Morgan fingerprint density at radius 1 is 1.19 bits per heavy atom. The van der Waals surface area contributed by atoms with Crippen LogP contribution in [0.2, 0.25) is 0 Å². The van der Waals surface area contributed by atoms with E-state index in [1.165, 1.54) is 65.1 Å². The highest BCUT2D eigenvalue weighted by Gasteiger charge is 2.32. The van der Waals surface area contributed by atoms with Crippen molar-refractivity contribution in [3.8, 4) is 0 Å². The fourth-order valence-electron chi connectivity index (χ4n) is 3.06. The van der Waals surface area contributed by atoms with Crippen LogP contribution in [0.5, 0.6) is 0 Å². The van der Waals surface area contributed by atoms with Gasteiger partial charge >= 0.3 is 0 Å². The molecular formula is C13H27N3. The molecule has 2 rings (SSSR count). The highest BCUT2D eigenvalue weighted by molar-refractivity contribution is 4.88. The number of piperidine rings is 1. The third-order valence-electron chi connectivity index (χ3n) is 4.47. The Bertz CT molecular complexity index is 203. The molecule has 94 valence electrons. The van der Waals surface area contributed by atoms with E-state index in [0.29, 0.717) is 5.41 Å². The van der Waals surface area contributed by atoms with Crippen molar-refractivity contribution in [1.29, 1.82) is 0 Å². The van der Waals surface area contributed by atoms with Crippen molar-refractivity contribution in [2.24, 2.45) is 5.41 Å². The van der Waals surface area contributed by atoms with Crippen LogP contribution in [0.15, 0.2) is 0 Å². The van der Waals surface area contributed by atoms with Gasteiger partial charge in [0.25, 0.3) is 0 Å². The van der Waals surface area contributed by atoms with E-state index < -0.39 is 0 Å². The van der Waals surface area contributed by atoms with Gasteiger partial charge in [-0.05, 0) is 38.3 Å². The quantitative estimate of drug-likeness (QED) is 0.773. The monoisotopic (exact) mass is 225 g/mol. The average Bonchev–Trinajstić information content (AvgIpc) is 2.33. The molecule has 0 amide bonds. The molecular weight excluding hydrogens is 198 g/mol. The molecule has 0 aliphatic carbocycles. The summed E-state index contributed by atoms with van der Waals surface area (Å²) in [6.45, 7) is 11.1. The van der Waals surface area contributed by atoms with E-state index in [1.54, 1.807) is 0 Å². The largest absolute Gasteiger partial charge is 0.316 e. The summed E-state index contributed by atoms with van der Waals surface area (Å²) in [5.41, 5.74) is 0.564. The fourth-order valence-corrected chi connectivity index (χ4v) is 3.06. The smallest absolute Gasteiger partial charge is 0.0110 e. The van der Waals surface area contributed by atoms with Crippen LogP contribution in [0, 0.1) is 5.41 Å². The normalized spacial score (nSPS) is 34.1. The van der Waals surface area contributed by atoms with Gasteiger partial charge in [-0.3, -0.25) is 0 Å². The lowest BCUT2D eigenvalue weighted by atomic mass is 9.78. The molecule has 0 aromatic carbocycles. The lowest BCUT2D eigenvalue weighted by Crippen LogP contribution is -2.52. The Kier molecular flexibility index (Phi) is 4.22. The predicted octanol–water partition coefficient (Wildman–Crippen LogP) is 1.01. The Morgan fingerprint density at radius 2 is 1.94 bits per heavy atom. The van der Waals surface area contributed by atoms with Crippen LogP contribution < -0.4 is 5.32 Å². The molecule has 1 N–H and O–H groups in total. The second-order valence-electron chi connectivity index (χ2n) is 5.71. The van der Waals surface area contributed by atoms with Gasteiger partial charge in [0.15, 0.2) is 0 Å². The summed E-state index contributed by atoms with van der Waals surface area (Å²) in [5.74, 6) is 0. The molecule has 3 nitrogen and oxygen atoms in total. The maximum absolute atomic E-state index is 3.59. The number of nitrogens with one attached hydrogen (secondary N) is 1. The van der Waals surface area contributed by atoms with E-state index in [9.17, 15) is 0 Å². The molecule has 2 aliphatic rings. The third-order valence-corrected chi connectivity index (χ3v) is 4.47. The van der Waals surface area contributed by atoms with E-state index in [0.717, 1.165) is 0 Å². The summed E-state index contributed by atoms with van der Waals surface area (Å²) in [6.07, 6.45) is 4.11. The molecule has 1 atom stereocenters. The minimum atomic E-state index is 0.564. The molecule has 0 spiro atoms. The average molecular weight is 225 g/mol. The van der Waals surface area contributed by atoms with Gasteiger partial charge in [0.2, 0.25) is 0 Å². The molecule has 2 heterocycles. The van der Waals surface area contributed by atoms with Crippen LogP contribution >= 0.6 is 0 Å². The van der Waals surface area contributed by atoms with Crippen molar-refractivity contribution >= 4 is 0 Å². The van der Waals surface area contributed by atoms with E-state index in [1.807, 2.05) is 0 Å². The first-order valence-electron chi connectivity index (χ1n) is 6.86. The van der Waals surface area contributed by atoms with E-state index >= 15 is 0 Å². The first-order chi connectivity index (χ1) is 7.74. The Balaban J connectivity index is 1.86. The zero-order valence-electron chi connectivity index (χ0n) is 11.0. The summed E-state index contributed by atoms with van der Waals surface area (Å²) in [7, 11) is 2.23. The molecule has 0 aromatic rings. The maximum atomic E-state index is 3.59. The van der Waals surface area contributed by atoms with Gasteiger partial charge < -0.3 is 15.1 Å². The van der Waals surface area contributed by atoms with Crippen LogP contribution in [-0.4, -0.2) is 62.7 Å². The summed E-state index contributed by atoms with van der Waals surface area (Å²) in [6, 6.07) is 0. The number of nitrogens with zero attached hydrogens (tertiary/aromatic N) is 2. The van der Waals surface area contributed by atoms with Crippen LogP contribution in [0.4, 0.5) is 0 Å². The predicted molar refractivity (Wildman–Crippen MR) is 68.8 cm³/mol. The number of hydrogen-bond acceptors (Lipinski definition) is 3. The van der Waals surface area contributed by atoms with Crippen LogP contribution in [-0.2, 0) is 0 Å². The van der Waals surface area contributed by atoms with Crippen molar-refractivity contribution in [3.63, 3.8) is 0 Å². The topological polar surface area (TPSA) is 18.5 Å². The lowest BCUT2D eigenvalue weighted by molar-refractivity contribution is 0.0754. The zero-order valence-corrected chi connectivity index (χ0v) is 11.0. The highest BCUT2D eigenvalue weighted by atomic mass is 15.2. The molecule has 16 heavy (non-hydrogen) atoms. The summed E-state index contributed by atoms with van der Waals surface area (Å²) in [5, 5.41) is 3.59. The lowest BCUT2D eigenvalue weighted by Gasteiger charge is -2.43. The number of hydrogen-bond donors (Lipinski definition) is 1. The van der Waals surface area contributed by atoms with Gasteiger partial charge in [-0.15, -0.1) is 0 Å². The third kappa shape index (κ3) is 2.96. The second kappa shape index (κ2) is 5.48.